The van der Waals surface area contributed by atoms with Crippen molar-refractivity contribution in [2.45, 2.75) is 45.2 Å². The molecule has 1 saturated carbocycles. The Morgan fingerprint density at radius 2 is 2.41 bits per heavy atom. The van der Waals surface area contributed by atoms with Crippen molar-refractivity contribution in [2.24, 2.45) is 5.92 Å². The lowest BCUT2D eigenvalue weighted by Crippen LogP contribution is -2.50. The number of nitrogens with zero attached hydrogens (tertiary/aromatic N) is 3. The molecule has 17 heavy (non-hydrogen) atoms. The lowest BCUT2D eigenvalue weighted by atomic mass is 9.94. The zero-order chi connectivity index (χ0) is 12.3. The number of hydrogen-bond acceptors (Lipinski definition) is 3. The fourth-order valence-corrected chi connectivity index (χ4v) is 2.26. The molecule has 1 atom stereocenters. The van der Waals surface area contributed by atoms with Crippen LogP contribution in [0.4, 0.5) is 0 Å². The summed E-state index contributed by atoms with van der Waals surface area (Å²) in [7, 11) is 0. The van der Waals surface area contributed by atoms with E-state index in [9.17, 15) is 5.26 Å². The monoisotopic (exact) mass is 232 g/mol. The number of rotatable bonds is 6. The van der Waals surface area contributed by atoms with Gasteiger partial charge in [0.05, 0.1) is 12.6 Å². The Hall–Kier alpha value is -1.34. The van der Waals surface area contributed by atoms with Gasteiger partial charge in [0.15, 0.2) is 0 Å². The van der Waals surface area contributed by atoms with Gasteiger partial charge in [-0.3, -0.25) is 5.32 Å². The second-order valence-corrected chi connectivity index (χ2v) is 4.89. The van der Waals surface area contributed by atoms with E-state index in [0.29, 0.717) is 12.5 Å². The summed E-state index contributed by atoms with van der Waals surface area (Å²) >= 11 is 0. The van der Waals surface area contributed by atoms with Crippen molar-refractivity contribution >= 4 is 0 Å². The van der Waals surface area contributed by atoms with Gasteiger partial charge in [0.1, 0.15) is 11.4 Å². The summed E-state index contributed by atoms with van der Waals surface area (Å²) in [6, 6.07) is 2.52. The van der Waals surface area contributed by atoms with Gasteiger partial charge in [-0.25, -0.2) is 4.98 Å². The molecule has 1 aromatic heterocycles. The molecular formula is C13H20N4. The summed E-state index contributed by atoms with van der Waals surface area (Å²) in [6.07, 6.45) is 7.14. The van der Waals surface area contributed by atoms with E-state index in [1.165, 1.54) is 0 Å². The topological polar surface area (TPSA) is 53.6 Å². The van der Waals surface area contributed by atoms with Crippen molar-refractivity contribution in [3.8, 4) is 6.07 Å². The van der Waals surface area contributed by atoms with Gasteiger partial charge in [-0.15, -0.1) is 0 Å². The Balaban J connectivity index is 2.15. The maximum Gasteiger partial charge on any atom is 0.127 e. The van der Waals surface area contributed by atoms with Crippen LogP contribution in [0.1, 0.15) is 32.0 Å². The fraction of sp³-hybridized carbons (Fsp3) is 0.692. The zero-order valence-electron chi connectivity index (χ0n) is 10.6. The van der Waals surface area contributed by atoms with E-state index in [-0.39, 0.29) is 0 Å². The molecule has 1 heterocycles. The van der Waals surface area contributed by atoms with Crippen molar-refractivity contribution in [1.82, 2.24) is 14.9 Å². The first-order valence-electron chi connectivity index (χ1n) is 6.36. The first kappa shape index (κ1) is 12.1. The molecule has 1 aliphatic rings. The summed E-state index contributed by atoms with van der Waals surface area (Å²) < 4.78 is 2.07. The molecule has 0 saturated heterocycles. The van der Waals surface area contributed by atoms with Crippen molar-refractivity contribution in [2.75, 3.05) is 6.54 Å². The van der Waals surface area contributed by atoms with Gasteiger partial charge in [0.2, 0.25) is 0 Å². The molecule has 0 spiro atoms. The van der Waals surface area contributed by atoms with E-state index in [2.05, 4.69) is 27.9 Å². The summed E-state index contributed by atoms with van der Waals surface area (Å²) in [5.74, 6) is 1.48. The molecule has 1 aliphatic carbocycles. The first-order valence-corrected chi connectivity index (χ1v) is 6.36. The lowest BCUT2D eigenvalue weighted by molar-refractivity contribution is 0.316. The van der Waals surface area contributed by atoms with Crippen LogP contribution in [-0.4, -0.2) is 21.6 Å². The molecule has 0 aliphatic heterocycles. The van der Waals surface area contributed by atoms with Crippen molar-refractivity contribution in [1.29, 1.82) is 5.26 Å². The van der Waals surface area contributed by atoms with Crippen LogP contribution in [0.5, 0.6) is 0 Å². The summed E-state index contributed by atoms with van der Waals surface area (Å²) in [6.45, 7) is 5.72. The molecule has 0 aromatic carbocycles. The highest BCUT2D eigenvalue weighted by molar-refractivity contribution is 5.16. The fourth-order valence-electron chi connectivity index (χ4n) is 2.26. The minimum absolute atomic E-state index is 0.401. The van der Waals surface area contributed by atoms with Gasteiger partial charge in [-0.1, -0.05) is 6.92 Å². The summed E-state index contributed by atoms with van der Waals surface area (Å²) in [5.41, 5.74) is -0.401. The number of hydrogen-bond donors (Lipinski definition) is 1. The lowest BCUT2D eigenvalue weighted by Gasteiger charge is -2.28. The van der Waals surface area contributed by atoms with Crippen LogP contribution < -0.4 is 5.32 Å². The first-order chi connectivity index (χ1) is 8.22. The SMILES string of the molecule is CCCNC(C#N)(Cn1ccnc1C)C1CC1. The van der Waals surface area contributed by atoms with Gasteiger partial charge in [-0.05, 0) is 38.6 Å². The third-order valence-corrected chi connectivity index (χ3v) is 3.51. The molecule has 1 N–H and O–H groups in total. The Bertz CT molecular complexity index is 413. The van der Waals surface area contributed by atoms with Gasteiger partial charge >= 0.3 is 0 Å². The number of imidazole rings is 1. The van der Waals surface area contributed by atoms with E-state index in [4.69, 9.17) is 0 Å². The van der Waals surface area contributed by atoms with E-state index >= 15 is 0 Å². The van der Waals surface area contributed by atoms with Gasteiger partial charge in [-0.2, -0.15) is 5.26 Å². The minimum atomic E-state index is -0.401. The second kappa shape index (κ2) is 4.89. The highest BCUT2D eigenvalue weighted by Gasteiger charge is 2.45. The second-order valence-electron chi connectivity index (χ2n) is 4.89. The number of nitrogens with one attached hydrogen (secondary N) is 1. The summed E-state index contributed by atoms with van der Waals surface area (Å²) in [5, 5.41) is 13.0. The largest absolute Gasteiger partial charge is 0.332 e. The van der Waals surface area contributed by atoms with Crippen LogP contribution in [-0.2, 0) is 6.54 Å². The molecule has 1 unspecified atom stereocenters. The summed E-state index contributed by atoms with van der Waals surface area (Å²) in [4.78, 5) is 4.22. The number of aromatic nitrogens is 2. The Labute approximate surface area is 103 Å². The van der Waals surface area contributed by atoms with Crippen LogP contribution in [0.3, 0.4) is 0 Å². The third kappa shape index (κ3) is 2.50. The normalized spacial score (nSPS) is 18.6. The highest BCUT2D eigenvalue weighted by atomic mass is 15.1. The van der Waals surface area contributed by atoms with Crippen LogP contribution in [0.25, 0.3) is 0 Å². The Morgan fingerprint density at radius 3 is 2.88 bits per heavy atom. The molecule has 1 fully saturated rings. The molecule has 0 amide bonds. The van der Waals surface area contributed by atoms with Crippen molar-refractivity contribution < 1.29 is 0 Å². The molecule has 0 bridgehead atoms. The van der Waals surface area contributed by atoms with Crippen LogP contribution >= 0.6 is 0 Å². The quantitative estimate of drug-likeness (QED) is 0.814. The number of aryl methyl sites for hydroxylation is 1. The van der Waals surface area contributed by atoms with Crippen LogP contribution in [0.15, 0.2) is 12.4 Å². The van der Waals surface area contributed by atoms with Gasteiger partial charge in [0, 0.05) is 12.4 Å². The predicted molar refractivity (Wildman–Crippen MR) is 66.3 cm³/mol. The van der Waals surface area contributed by atoms with Gasteiger partial charge < -0.3 is 4.57 Å². The zero-order valence-corrected chi connectivity index (χ0v) is 10.6. The van der Waals surface area contributed by atoms with Crippen LogP contribution in [0.2, 0.25) is 0 Å². The van der Waals surface area contributed by atoms with E-state index in [0.717, 1.165) is 31.6 Å². The van der Waals surface area contributed by atoms with Crippen LogP contribution in [0, 0.1) is 24.2 Å². The average Bonchev–Trinajstić information content (AvgIpc) is 3.11. The highest BCUT2D eigenvalue weighted by Crippen LogP contribution is 2.40. The maximum absolute atomic E-state index is 9.56. The Kier molecular flexibility index (Phi) is 3.49. The number of nitriles is 1. The van der Waals surface area contributed by atoms with Gasteiger partial charge in [0.25, 0.3) is 0 Å². The maximum atomic E-state index is 9.56. The average molecular weight is 232 g/mol. The molecule has 4 heteroatoms. The molecule has 92 valence electrons. The molecule has 0 radical (unpaired) electrons. The van der Waals surface area contributed by atoms with E-state index < -0.39 is 5.54 Å². The molecule has 4 nitrogen and oxygen atoms in total. The predicted octanol–water partition coefficient (Wildman–Crippen LogP) is 1.86. The minimum Gasteiger partial charge on any atom is -0.332 e. The van der Waals surface area contributed by atoms with Crippen molar-refractivity contribution in [3.05, 3.63) is 18.2 Å². The smallest absolute Gasteiger partial charge is 0.127 e. The molecular weight excluding hydrogens is 212 g/mol. The molecule has 1 aromatic rings. The van der Waals surface area contributed by atoms with E-state index in [1.54, 1.807) is 6.20 Å². The molecule has 2 rings (SSSR count). The Morgan fingerprint density at radius 1 is 1.65 bits per heavy atom. The standard InChI is InChI=1S/C13H20N4/c1-3-6-16-13(9-14,12-4-5-12)10-17-8-7-15-11(17)2/h7-8,12,16H,3-6,10H2,1-2H3. The van der Waals surface area contributed by atoms with Crippen molar-refractivity contribution in [3.63, 3.8) is 0 Å². The third-order valence-electron chi connectivity index (χ3n) is 3.51. The van der Waals surface area contributed by atoms with E-state index in [1.807, 2.05) is 13.1 Å².